The highest BCUT2D eigenvalue weighted by molar-refractivity contribution is 5.92. The van der Waals surface area contributed by atoms with Crippen molar-refractivity contribution in [3.63, 3.8) is 0 Å². The zero-order chi connectivity index (χ0) is 14.3. The van der Waals surface area contributed by atoms with E-state index in [1.54, 1.807) is 26.2 Å². The van der Waals surface area contributed by atoms with Gasteiger partial charge in [0.25, 0.3) is 0 Å². The molecule has 1 aromatic carbocycles. The minimum Gasteiger partial charge on any atom is -0.496 e. The van der Waals surface area contributed by atoms with Gasteiger partial charge in [0.15, 0.2) is 5.96 Å². The standard InChI is InChI=1S/C13H19N3O3/c1-14-13(15-2)16-8-9-5-6-10(12(17)19-4)11(7-9)18-3/h5-7H,8H2,1-4H3,(H2,14,15,16). The molecule has 0 unspecified atom stereocenters. The maximum absolute atomic E-state index is 11.5. The number of carbonyl (C=O) groups is 1. The second-order valence-electron chi connectivity index (χ2n) is 3.70. The Bertz CT molecular complexity index is 472. The van der Waals surface area contributed by atoms with Gasteiger partial charge < -0.3 is 20.1 Å². The Labute approximate surface area is 112 Å². The van der Waals surface area contributed by atoms with Crippen molar-refractivity contribution in [2.24, 2.45) is 4.99 Å². The summed E-state index contributed by atoms with van der Waals surface area (Å²) in [5, 5.41) is 6.04. The van der Waals surface area contributed by atoms with Gasteiger partial charge in [0.1, 0.15) is 11.3 Å². The van der Waals surface area contributed by atoms with Crippen molar-refractivity contribution in [2.45, 2.75) is 6.54 Å². The maximum Gasteiger partial charge on any atom is 0.341 e. The Hall–Kier alpha value is -2.24. The van der Waals surface area contributed by atoms with Gasteiger partial charge in [0, 0.05) is 20.6 Å². The molecule has 0 aliphatic heterocycles. The third-order valence-corrected chi connectivity index (χ3v) is 2.59. The van der Waals surface area contributed by atoms with Crippen molar-refractivity contribution in [3.8, 4) is 5.75 Å². The van der Waals surface area contributed by atoms with E-state index in [9.17, 15) is 4.79 Å². The van der Waals surface area contributed by atoms with Crippen LogP contribution >= 0.6 is 0 Å². The van der Waals surface area contributed by atoms with E-state index in [1.165, 1.54) is 14.2 Å². The Morgan fingerprint density at radius 3 is 2.63 bits per heavy atom. The molecular formula is C13H19N3O3. The lowest BCUT2D eigenvalue weighted by Gasteiger charge is -2.11. The van der Waals surface area contributed by atoms with Crippen LogP contribution in [0, 0.1) is 0 Å². The molecule has 1 aromatic rings. The van der Waals surface area contributed by atoms with Gasteiger partial charge in [-0.15, -0.1) is 0 Å². The predicted molar refractivity (Wildman–Crippen MR) is 73.6 cm³/mol. The summed E-state index contributed by atoms with van der Waals surface area (Å²) in [6, 6.07) is 5.32. The van der Waals surface area contributed by atoms with Crippen LogP contribution in [-0.2, 0) is 11.3 Å². The van der Waals surface area contributed by atoms with E-state index in [2.05, 4.69) is 20.4 Å². The quantitative estimate of drug-likeness (QED) is 0.478. The average Bonchev–Trinajstić information content (AvgIpc) is 2.47. The van der Waals surface area contributed by atoms with E-state index >= 15 is 0 Å². The fourth-order valence-electron chi connectivity index (χ4n) is 1.59. The van der Waals surface area contributed by atoms with Crippen molar-refractivity contribution in [2.75, 3.05) is 28.3 Å². The van der Waals surface area contributed by atoms with Crippen molar-refractivity contribution >= 4 is 11.9 Å². The summed E-state index contributed by atoms with van der Waals surface area (Å²) in [6.07, 6.45) is 0. The van der Waals surface area contributed by atoms with Gasteiger partial charge in [-0.25, -0.2) is 4.79 Å². The van der Waals surface area contributed by atoms with E-state index in [-0.39, 0.29) is 0 Å². The summed E-state index contributed by atoms with van der Waals surface area (Å²) in [6.45, 7) is 0.575. The molecule has 0 amide bonds. The predicted octanol–water partition coefficient (Wildman–Crippen LogP) is 0.777. The number of methoxy groups -OCH3 is 2. The molecule has 0 aliphatic carbocycles. The zero-order valence-electron chi connectivity index (χ0n) is 11.6. The molecule has 6 nitrogen and oxygen atoms in total. The molecule has 104 valence electrons. The van der Waals surface area contributed by atoms with Crippen molar-refractivity contribution in [1.29, 1.82) is 0 Å². The monoisotopic (exact) mass is 265 g/mol. The summed E-state index contributed by atoms with van der Waals surface area (Å²) in [5.74, 6) is 0.768. The Kier molecular flexibility index (Phi) is 5.66. The van der Waals surface area contributed by atoms with E-state index in [0.717, 1.165) is 5.56 Å². The molecule has 1 rings (SSSR count). The van der Waals surface area contributed by atoms with Crippen molar-refractivity contribution in [1.82, 2.24) is 10.6 Å². The van der Waals surface area contributed by atoms with Crippen LogP contribution in [0.4, 0.5) is 0 Å². The van der Waals surface area contributed by atoms with Gasteiger partial charge in [0.05, 0.1) is 14.2 Å². The molecule has 0 saturated carbocycles. The first-order valence-corrected chi connectivity index (χ1v) is 5.79. The minimum atomic E-state index is -0.414. The number of nitrogens with zero attached hydrogens (tertiary/aromatic N) is 1. The average molecular weight is 265 g/mol. The molecule has 0 saturated heterocycles. The number of hydrogen-bond acceptors (Lipinski definition) is 4. The van der Waals surface area contributed by atoms with E-state index < -0.39 is 5.97 Å². The normalized spacial score (nSPS) is 10.8. The van der Waals surface area contributed by atoms with Gasteiger partial charge in [-0.1, -0.05) is 6.07 Å². The third-order valence-electron chi connectivity index (χ3n) is 2.59. The van der Waals surface area contributed by atoms with Gasteiger partial charge in [-0.2, -0.15) is 0 Å². The first kappa shape index (κ1) is 14.8. The molecular weight excluding hydrogens is 246 g/mol. The summed E-state index contributed by atoms with van der Waals surface area (Å²) in [7, 11) is 6.34. The molecule has 0 heterocycles. The molecule has 0 aliphatic rings. The second kappa shape index (κ2) is 7.25. The van der Waals surface area contributed by atoms with Crippen LogP contribution in [0.3, 0.4) is 0 Å². The smallest absolute Gasteiger partial charge is 0.341 e. The van der Waals surface area contributed by atoms with E-state index in [0.29, 0.717) is 23.8 Å². The fourth-order valence-corrected chi connectivity index (χ4v) is 1.59. The van der Waals surface area contributed by atoms with Gasteiger partial charge >= 0.3 is 5.97 Å². The van der Waals surface area contributed by atoms with Crippen LogP contribution in [0.2, 0.25) is 0 Å². The van der Waals surface area contributed by atoms with E-state index in [1.807, 2.05) is 6.07 Å². The van der Waals surface area contributed by atoms with Crippen LogP contribution < -0.4 is 15.4 Å². The van der Waals surface area contributed by atoms with Crippen molar-refractivity contribution in [3.05, 3.63) is 29.3 Å². The number of benzene rings is 1. The van der Waals surface area contributed by atoms with Gasteiger partial charge in [0.2, 0.25) is 0 Å². The lowest BCUT2D eigenvalue weighted by atomic mass is 10.1. The Morgan fingerprint density at radius 1 is 1.37 bits per heavy atom. The van der Waals surface area contributed by atoms with Gasteiger partial charge in [-0.3, -0.25) is 4.99 Å². The maximum atomic E-state index is 11.5. The van der Waals surface area contributed by atoms with Crippen LogP contribution in [0.1, 0.15) is 15.9 Å². The van der Waals surface area contributed by atoms with Crippen LogP contribution in [-0.4, -0.2) is 40.2 Å². The number of nitrogens with one attached hydrogen (secondary N) is 2. The molecule has 0 bridgehead atoms. The lowest BCUT2D eigenvalue weighted by molar-refractivity contribution is 0.0597. The van der Waals surface area contributed by atoms with Crippen molar-refractivity contribution < 1.29 is 14.3 Å². The molecule has 6 heteroatoms. The fraction of sp³-hybridized carbons (Fsp3) is 0.385. The number of ether oxygens (including phenoxy) is 2. The first-order chi connectivity index (χ1) is 9.15. The minimum absolute atomic E-state index is 0.409. The molecule has 0 spiro atoms. The zero-order valence-corrected chi connectivity index (χ0v) is 11.6. The number of rotatable bonds is 4. The number of aliphatic imine (C=N–C) groups is 1. The highest BCUT2D eigenvalue weighted by Gasteiger charge is 2.12. The molecule has 0 atom stereocenters. The summed E-state index contributed by atoms with van der Waals surface area (Å²) in [4.78, 5) is 15.5. The van der Waals surface area contributed by atoms with Crippen LogP contribution in [0.5, 0.6) is 5.75 Å². The molecule has 0 radical (unpaired) electrons. The topological polar surface area (TPSA) is 72.0 Å². The molecule has 0 fully saturated rings. The molecule has 19 heavy (non-hydrogen) atoms. The summed E-state index contributed by atoms with van der Waals surface area (Å²) >= 11 is 0. The Morgan fingerprint density at radius 2 is 2.11 bits per heavy atom. The second-order valence-corrected chi connectivity index (χ2v) is 3.70. The third kappa shape index (κ3) is 3.87. The number of guanidine groups is 1. The van der Waals surface area contributed by atoms with E-state index in [4.69, 9.17) is 4.74 Å². The first-order valence-electron chi connectivity index (χ1n) is 5.79. The van der Waals surface area contributed by atoms with Crippen LogP contribution in [0.25, 0.3) is 0 Å². The van der Waals surface area contributed by atoms with Crippen LogP contribution in [0.15, 0.2) is 23.2 Å². The summed E-state index contributed by atoms with van der Waals surface area (Å²) < 4.78 is 9.88. The molecule has 0 aromatic heterocycles. The molecule has 2 N–H and O–H groups in total. The number of carbonyl (C=O) groups excluding carboxylic acids is 1. The number of hydrogen-bond donors (Lipinski definition) is 2. The summed E-state index contributed by atoms with van der Waals surface area (Å²) in [5.41, 5.74) is 1.38. The number of esters is 1. The Balaban J connectivity index is 2.85. The van der Waals surface area contributed by atoms with Gasteiger partial charge in [-0.05, 0) is 17.7 Å². The highest BCUT2D eigenvalue weighted by atomic mass is 16.5. The lowest BCUT2D eigenvalue weighted by Crippen LogP contribution is -2.34. The SMILES string of the molecule is CN=C(NC)NCc1ccc(C(=O)OC)c(OC)c1. The highest BCUT2D eigenvalue weighted by Crippen LogP contribution is 2.20. The largest absolute Gasteiger partial charge is 0.496 e.